The van der Waals surface area contributed by atoms with Gasteiger partial charge in [0.05, 0.1) is 12.1 Å². The number of anilines is 1. The quantitative estimate of drug-likeness (QED) is 0.645. The average Bonchev–Trinajstić information content (AvgIpc) is 2.93. The van der Waals surface area contributed by atoms with E-state index < -0.39 is 0 Å². The highest BCUT2D eigenvalue weighted by molar-refractivity contribution is 6.28. The highest BCUT2D eigenvalue weighted by Gasteiger charge is 2.20. The van der Waals surface area contributed by atoms with Gasteiger partial charge in [0.15, 0.2) is 0 Å². The minimum atomic E-state index is 0.285. The fourth-order valence-corrected chi connectivity index (χ4v) is 2.80. The monoisotopic (exact) mass is 285 g/mol. The van der Waals surface area contributed by atoms with Gasteiger partial charge in [-0.2, -0.15) is 4.98 Å². The zero-order chi connectivity index (χ0) is 13.5. The molecule has 3 heterocycles. The standard InChI is InChI=1S/C14H12ClN5/c15-14-17-11-4-2-1-3-10(11)13(18-14)20-8-7-19-6-5-16-12(19)9-20/h1-6H,7-9H2. The number of fused-ring (bicyclic) bond motifs is 2. The predicted octanol–water partition coefficient (Wildman–Crippen LogP) is 2.50. The van der Waals surface area contributed by atoms with Crippen LogP contribution in [0.4, 0.5) is 5.82 Å². The number of benzene rings is 1. The summed E-state index contributed by atoms with van der Waals surface area (Å²) in [5, 5.41) is 1.31. The van der Waals surface area contributed by atoms with Crippen molar-refractivity contribution in [1.82, 2.24) is 19.5 Å². The van der Waals surface area contributed by atoms with Crippen molar-refractivity contribution in [3.8, 4) is 0 Å². The Kier molecular flexibility index (Phi) is 2.60. The van der Waals surface area contributed by atoms with Crippen LogP contribution in [0.3, 0.4) is 0 Å². The molecule has 20 heavy (non-hydrogen) atoms. The van der Waals surface area contributed by atoms with Crippen LogP contribution in [0.15, 0.2) is 36.7 Å². The zero-order valence-corrected chi connectivity index (χ0v) is 11.5. The van der Waals surface area contributed by atoms with Gasteiger partial charge in [-0.1, -0.05) is 12.1 Å². The fourth-order valence-electron chi connectivity index (χ4n) is 2.63. The number of hydrogen-bond acceptors (Lipinski definition) is 4. The van der Waals surface area contributed by atoms with E-state index in [2.05, 4.69) is 24.4 Å². The number of hydrogen-bond donors (Lipinski definition) is 0. The molecule has 1 aliphatic rings. The molecule has 0 spiro atoms. The van der Waals surface area contributed by atoms with Crippen LogP contribution in [0.2, 0.25) is 5.28 Å². The zero-order valence-electron chi connectivity index (χ0n) is 10.7. The molecule has 5 nitrogen and oxygen atoms in total. The summed E-state index contributed by atoms with van der Waals surface area (Å²) in [6, 6.07) is 7.94. The van der Waals surface area contributed by atoms with Crippen LogP contribution in [0.25, 0.3) is 10.9 Å². The topological polar surface area (TPSA) is 46.8 Å². The van der Waals surface area contributed by atoms with Crippen LogP contribution >= 0.6 is 11.6 Å². The molecular weight excluding hydrogens is 274 g/mol. The molecule has 6 heteroatoms. The van der Waals surface area contributed by atoms with Crippen molar-refractivity contribution in [1.29, 1.82) is 0 Å². The lowest BCUT2D eigenvalue weighted by Crippen LogP contribution is -2.34. The first-order valence-corrected chi connectivity index (χ1v) is 6.86. The van der Waals surface area contributed by atoms with E-state index >= 15 is 0 Å². The fraction of sp³-hybridized carbons (Fsp3) is 0.214. The molecule has 4 rings (SSSR count). The lowest BCUT2D eigenvalue weighted by Gasteiger charge is -2.29. The summed E-state index contributed by atoms with van der Waals surface area (Å²) in [6.45, 7) is 2.54. The Morgan fingerprint density at radius 3 is 2.95 bits per heavy atom. The maximum Gasteiger partial charge on any atom is 0.224 e. The van der Waals surface area contributed by atoms with E-state index in [-0.39, 0.29) is 5.28 Å². The Morgan fingerprint density at radius 2 is 2.00 bits per heavy atom. The van der Waals surface area contributed by atoms with Crippen molar-refractivity contribution in [3.63, 3.8) is 0 Å². The number of aromatic nitrogens is 4. The Bertz CT molecular complexity index is 782. The van der Waals surface area contributed by atoms with Crippen molar-refractivity contribution in [2.75, 3.05) is 11.4 Å². The molecule has 0 fully saturated rings. The van der Waals surface area contributed by atoms with Gasteiger partial charge < -0.3 is 9.47 Å². The summed E-state index contributed by atoms with van der Waals surface area (Å²) in [7, 11) is 0. The van der Waals surface area contributed by atoms with Gasteiger partial charge >= 0.3 is 0 Å². The SMILES string of the molecule is Clc1nc(N2CCn3ccnc3C2)c2ccccc2n1. The van der Waals surface area contributed by atoms with Gasteiger partial charge in [0.25, 0.3) is 0 Å². The summed E-state index contributed by atoms with van der Waals surface area (Å²) >= 11 is 6.05. The van der Waals surface area contributed by atoms with Crippen molar-refractivity contribution in [2.45, 2.75) is 13.1 Å². The van der Waals surface area contributed by atoms with E-state index in [0.717, 1.165) is 42.2 Å². The van der Waals surface area contributed by atoms with Gasteiger partial charge in [-0.05, 0) is 23.7 Å². The van der Waals surface area contributed by atoms with Crippen LogP contribution in [-0.2, 0) is 13.1 Å². The molecule has 0 aliphatic carbocycles. The van der Waals surface area contributed by atoms with Crippen LogP contribution in [-0.4, -0.2) is 26.1 Å². The molecular formula is C14H12ClN5. The largest absolute Gasteiger partial charge is 0.347 e. The van der Waals surface area contributed by atoms with E-state index in [0.29, 0.717) is 0 Å². The van der Waals surface area contributed by atoms with E-state index in [9.17, 15) is 0 Å². The molecule has 0 N–H and O–H groups in total. The highest BCUT2D eigenvalue weighted by atomic mass is 35.5. The van der Waals surface area contributed by atoms with Crippen LogP contribution in [0.5, 0.6) is 0 Å². The maximum absolute atomic E-state index is 6.05. The molecule has 0 amide bonds. The predicted molar refractivity (Wildman–Crippen MR) is 77.8 cm³/mol. The van der Waals surface area contributed by atoms with Gasteiger partial charge in [0, 0.05) is 30.9 Å². The van der Waals surface area contributed by atoms with E-state index in [4.69, 9.17) is 11.6 Å². The summed E-state index contributed by atoms with van der Waals surface area (Å²) in [5.74, 6) is 1.94. The third-order valence-electron chi connectivity index (χ3n) is 3.60. The summed E-state index contributed by atoms with van der Waals surface area (Å²) < 4.78 is 2.17. The lowest BCUT2D eigenvalue weighted by atomic mass is 10.2. The molecule has 0 saturated heterocycles. The van der Waals surface area contributed by atoms with Crippen LogP contribution in [0, 0.1) is 0 Å². The first kappa shape index (κ1) is 11.7. The van der Waals surface area contributed by atoms with Gasteiger partial charge in [0.2, 0.25) is 5.28 Å². The van der Waals surface area contributed by atoms with E-state index in [1.165, 1.54) is 0 Å². The smallest absolute Gasteiger partial charge is 0.224 e. The Morgan fingerprint density at radius 1 is 1.10 bits per heavy atom. The van der Waals surface area contributed by atoms with Crippen molar-refractivity contribution in [2.24, 2.45) is 0 Å². The van der Waals surface area contributed by atoms with Crippen molar-refractivity contribution >= 4 is 28.3 Å². The second-order valence-corrected chi connectivity index (χ2v) is 5.13. The molecule has 2 aromatic heterocycles. The Balaban J connectivity index is 1.83. The first-order valence-electron chi connectivity index (χ1n) is 6.48. The number of imidazole rings is 1. The molecule has 0 bridgehead atoms. The van der Waals surface area contributed by atoms with E-state index in [1.54, 1.807) is 0 Å². The maximum atomic E-state index is 6.05. The van der Waals surface area contributed by atoms with Crippen molar-refractivity contribution < 1.29 is 0 Å². The van der Waals surface area contributed by atoms with Crippen LogP contribution < -0.4 is 4.90 Å². The second-order valence-electron chi connectivity index (χ2n) is 4.79. The normalized spacial score (nSPS) is 14.6. The van der Waals surface area contributed by atoms with Gasteiger partial charge in [-0.25, -0.2) is 9.97 Å². The molecule has 0 saturated carbocycles. The molecule has 0 radical (unpaired) electrons. The number of rotatable bonds is 1. The first-order chi connectivity index (χ1) is 9.81. The number of para-hydroxylation sites is 1. The molecule has 1 aliphatic heterocycles. The van der Waals surface area contributed by atoms with Crippen molar-refractivity contribution in [3.05, 3.63) is 47.8 Å². The third-order valence-corrected chi connectivity index (χ3v) is 3.77. The summed E-state index contributed by atoms with van der Waals surface area (Å²) in [5.41, 5.74) is 0.872. The second kappa shape index (κ2) is 4.45. The minimum Gasteiger partial charge on any atom is -0.347 e. The molecule has 0 unspecified atom stereocenters. The minimum absolute atomic E-state index is 0.285. The van der Waals surface area contributed by atoms with E-state index in [1.807, 2.05) is 36.7 Å². The average molecular weight is 286 g/mol. The van der Waals surface area contributed by atoms with Gasteiger partial charge in [-0.15, -0.1) is 0 Å². The Labute approximate surface area is 120 Å². The summed E-state index contributed by atoms with van der Waals surface area (Å²) in [4.78, 5) is 15.3. The number of nitrogens with zero attached hydrogens (tertiary/aromatic N) is 5. The van der Waals surface area contributed by atoms with Gasteiger partial charge in [0.1, 0.15) is 11.6 Å². The molecule has 1 aromatic carbocycles. The Hall–Kier alpha value is -2.14. The molecule has 0 atom stereocenters. The molecule has 100 valence electrons. The summed E-state index contributed by atoms with van der Waals surface area (Å²) in [6.07, 6.45) is 3.85. The lowest BCUT2D eigenvalue weighted by molar-refractivity contribution is 0.557. The van der Waals surface area contributed by atoms with Crippen LogP contribution in [0.1, 0.15) is 5.82 Å². The highest BCUT2D eigenvalue weighted by Crippen LogP contribution is 2.27. The molecule has 3 aromatic rings. The third kappa shape index (κ3) is 1.82. The van der Waals surface area contributed by atoms with Gasteiger partial charge in [-0.3, -0.25) is 0 Å². The number of halogens is 1.